The number of rotatable bonds is 3. The minimum absolute atomic E-state index is 0.00122. The summed E-state index contributed by atoms with van der Waals surface area (Å²) in [6, 6.07) is 3.01. The first kappa shape index (κ1) is 14.0. The van der Waals surface area contributed by atoms with Crippen LogP contribution in [0.3, 0.4) is 0 Å². The van der Waals surface area contributed by atoms with Gasteiger partial charge in [0.2, 0.25) is 0 Å². The van der Waals surface area contributed by atoms with Crippen LogP contribution in [0.5, 0.6) is 0 Å². The van der Waals surface area contributed by atoms with Crippen LogP contribution in [0.15, 0.2) is 33.9 Å². The molecule has 3 heterocycles. The number of furan rings is 1. The molecule has 0 aromatic carbocycles. The molecule has 22 heavy (non-hydrogen) atoms. The summed E-state index contributed by atoms with van der Waals surface area (Å²) in [5.74, 6) is -0.851. The van der Waals surface area contributed by atoms with Gasteiger partial charge >= 0.3 is 0 Å². The van der Waals surface area contributed by atoms with E-state index in [2.05, 4.69) is 15.3 Å². The van der Waals surface area contributed by atoms with Crippen LogP contribution in [-0.4, -0.2) is 27.0 Å². The third-order valence-corrected chi connectivity index (χ3v) is 3.51. The molecule has 8 nitrogen and oxygen atoms in total. The summed E-state index contributed by atoms with van der Waals surface area (Å²) in [4.78, 5) is 42.2. The molecule has 0 saturated carbocycles. The van der Waals surface area contributed by atoms with Crippen LogP contribution in [0.25, 0.3) is 17.5 Å². The molecule has 0 spiro atoms. The zero-order valence-electron chi connectivity index (χ0n) is 10.9. The summed E-state index contributed by atoms with van der Waals surface area (Å²) in [6.07, 6.45) is 4.28. The van der Waals surface area contributed by atoms with Crippen LogP contribution in [0, 0.1) is 0 Å². The Labute approximate surface area is 127 Å². The number of hydrogen-bond donors (Lipinski definition) is 2. The maximum Gasteiger partial charge on any atom is 0.290 e. The van der Waals surface area contributed by atoms with E-state index in [9.17, 15) is 14.4 Å². The number of hydrogen-bond acceptors (Lipinski definition) is 7. The van der Waals surface area contributed by atoms with Crippen molar-refractivity contribution in [1.82, 2.24) is 15.3 Å². The molecule has 110 valence electrons. The molecular formula is C13H8N4O4S. The summed E-state index contributed by atoms with van der Waals surface area (Å²) < 4.78 is 5.00. The Morgan fingerprint density at radius 2 is 2.23 bits per heavy atom. The zero-order valence-corrected chi connectivity index (χ0v) is 11.7. The quantitative estimate of drug-likeness (QED) is 0.813. The molecule has 3 N–H and O–H groups in total. The molecule has 3 rings (SSSR count). The highest BCUT2D eigenvalue weighted by atomic mass is 32.2. The van der Waals surface area contributed by atoms with Gasteiger partial charge in [0.05, 0.1) is 16.2 Å². The Morgan fingerprint density at radius 1 is 1.41 bits per heavy atom. The molecule has 2 aromatic heterocycles. The number of carbonyl (C=O) groups is 3. The molecule has 1 aliphatic rings. The zero-order chi connectivity index (χ0) is 15.7. The first-order chi connectivity index (χ1) is 10.5. The standard InChI is InChI=1S/C13H8N4O4S/c14-10(18)8-3-6(5-21-8)11-15-2-1-7(16-11)4-9-12(19)17-13(20)22-9/h1-5H,(H2,14,18)(H,17,19,20). The second kappa shape index (κ2) is 5.45. The van der Waals surface area contributed by atoms with E-state index in [0.29, 0.717) is 17.1 Å². The van der Waals surface area contributed by atoms with Gasteiger partial charge < -0.3 is 10.2 Å². The van der Waals surface area contributed by atoms with Crippen molar-refractivity contribution in [3.05, 3.63) is 41.0 Å². The minimum atomic E-state index is -0.693. The molecule has 2 aromatic rings. The van der Waals surface area contributed by atoms with Gasteiger partial charge in [-0.2, -0.15) is 0 Å². The molecule has 3 amide bonds. The van der Waals surface area contributed by atoms with E-state index in [0.717, 1.165) is 11.8 Å². The molecule has 1 aliphatic heterocycles. The van der Waals surface area contributed by atoms with Crippen molar-refractivity contribution in [3.8, 4) is 11.4 Å². The van der Waals surface area contributed by atoms with Crippen molar-refractivity contribution in [2.45, 2.75) is 0 Å². The van der Waals surface area contributed by atoms with Crippen LogP contribution in [-0.2, 0) is 4.79 Å². The van der Waals surface area contributed by atoms with E-state index < -0.39 is 17.1 Å². The van der Waals surface area contributed by atoms with Crippen molar-refractivity contribution in [1.29, 1.82) is 0 Å². The molecule has 9 heteroatoms. The molecule has 0 unspecified atom stereocenters. The van der Waals surface area contributed by atoms with E-state index in [4.69, 9.17) is 10.2 Å². The van der Waals surface area contributed by atoms with E-state index in [-0.39, 0.29) is 10.7 Å². The summed E-state index contributed by atoms with van der Waals surface area (Å²) in [7, 11) is 0. The second-order valence-corrected chi connectivity index (χ2v) is 5.24. The lowest BCUT2D eigenvalue weighted by Crippen LogP contribution is -2.17. The number of thioether (sulfide) groups is 1. The lowest BCUT2D eigenvalue weighted by Gasteiger charge is -1.98. The van der Waals surface area contributed by atoms with Gasteiger partial charge in [-0.1, -0.05) is 0 Å². The first-order valence-corrected chi connectivity index (χ1v) is 6.81. The number of nitrogens with two attached hydrogens (primary N) is 1. The van der Waals surface area contributed by atoms with Gasteiger partial charge in [0.15, 0.2) is 11.6 Å². The average molecular weight is 316 g/mol. The third kappa shape index (κ3) is 2.74. The number of nitrogens with zero attached hydrogens (tertiary/aromatic N) is 2. The van der Waals surface area contributed by atoms with Crippen molar-refractivity contribution in [3.63, 3.8) is 0 Å². The number of primary amides is 1. The normalized spacial score (nSPS) is 16.1. The third-order valence-electron chi connectivity index (χ3n) is 2.70. The minimum Gasteiger partial charge on any atom is -0.458 e. The Balaban J connectivity index is 1.92. The molecule has 1 fully saturated rings. The van der Waals surface area contributed by atoms with Gasteiger partial charge in [-0.3, -0.25) is 19.7 Å². The summed E-state index contributed by atoms with van der Waals surface area (Å²) >= 11 is 0.800. The number of carbonyl (C=O) groups excluding carboxylic acids is 3. The smallest absolute Gasteiger partial charge is 0.290 e. The highest BCUT2D eigenvalue weighted by Gasteiger charge is 2.25. The van der Waals surface area contributed by atoms with E-state index >= 15 is 0 Å². The molecule has 0 radical (unpaired) electrons. The molecule has 0 aliphatic carbocycles. The van der Waals surface area contributed by atoms with Gasteiger partial charge in [-0.05, 0) is 23.9 Å². The van der Waals surface area contributed by atoms with Gasteiger partial charge in [-0.15, -0.1) is 0 Å². The van der Waals surface area contributed by atoms with Crippen LogP contribution >= 0.6 is 11.8 Å². The Morgan fingerprint density at radius 3 is 2.86 bits per heavy atom. The lowest BCUT2D eigenvalue weighted by atomic mass is 10.2. The fraction of sp³-hybridized carbons (Fsp3) is 0. The fourth-order valence-corrected chi connectivity index (χ4v) is 2.40. The average Bonchev–Trinajstić information content (AvgIpc) is 3.07. The van der Waals surface area contributed by atoms with Gasteiger partial charge in [-0.25, -0.2) is 9.97 Å². The molecule has 0 atom stereocenters. The number of imide groups is 1. The van der Waals surface area contributed by atoms with Crippen LogP contribution in [0.1, 0.15) is 16.2 Å². The number of nitrogens with one attached hydrogen (secondary N) is 1. The summed E-state index contributed by atoms with van der Waals surface area (Å²) in [5, 5.41) is 1.73. The van der Waals surface area contributed by atoms with Gasteiger partial charge in [0.1, 0.15) is 6.26 Å². The van der Waals surface area contributed by atoms with Crippen molar-refractivity contribution in [2.75, 3.05) is 0 Å². The van der Waals surface area contributed by atoms with Crippen LogP contribution < -0.4 is 11.1 Å². The second-order valence-electron chi connectivity index (χ2n) is 4.22. The highest BCUT2D eigenvalue weighted by molar-refractivity contribution is 8.18. The SMILES string of the molecule is NC(=O)c1cc(-c2nccc(C=C3SC(=O)NC3=O)n2)co1. The van der Waals surface area contributed by atoms with Gasteiger partial charge in [0, 0.05) is 12.3 Å². The molecule has 1 saturated heterocycles. The van der Waals surface area contributed by atoms with Gasteiger partial charge in [0.25, 0.3) is 17.1 Å². The van der Waals surface area contributed by atoms with Crippen LogP contribution in [0.2, 0.25) is 0 Å². The topological polar surface area (TPSA) is 128 Å². The Bertz CT molecular complexity index is 827. The predicted molar refractivity (Wildman–Crippen MR) is 77.4 cm³/mol. The van der Waals surface area contributed by atoms with Crippen molar-refractivity contribution < 1.29 is 18.8 Å². The maximum absolute atomic E-state index is 11.5. The largest absolute Gasteiger partial charge is 0.458 e. The van der Waals surface area contributed by atoms with E-state index in [1.54, 1.807) is 6.07 Å². The maximum atomic E-state index is 11.5. The van der Waals surface area contributed by atoms with Crippen LogP contribution in [0.4, 0.5) is 4.79 Å². The van der Waals surface area contributed by atoms with E-state index in [1.165, 1.54) is 24.6 Å². The fourth-order valence-electron chi connectivity index (χ4n) is 1.73. The summed E-state index contributed by atoms with van der Waals surface area (Å²) in [5.41, 5.74) is 6.03. The highest BCUT2D eigenvalue weighted by Crippen LogP contribution is 2.25. The number of aromatic nitrogens is 2. The molecule has 0 bridgehead atoms. The monoisotopic (exact) mass is 316 g/mol. The first-order valence-electron chi connectivity index (χ1n) is 5.99. The van der Waals surface area contributed by atoms with Crippen molar-refractivity contribution in [2.24, 2.45) is 5.73 Å². The predicted octanol–water partition coefficient (Wildman–Crippen LogP) is 1.16. The van der Waals surface area contributed by atoms with Crippen molar-refractivity contribution >= 4 is 34.9 Å². The Hall–Kier alpha value is -2.94. The van der Waals surface area contributed by atoms with E-state index in [1.807, 2.05) is 0 Å². The number of amides is 3. The molecular weight excluding hydrogens is 308 g/mol. The summed E-state index contributed by atoms with van der Waals surface area (Å²) in [6.45, 7) is 0. The Kier molecular flexibility index (Phi) is 3.47. The lowest BCUT2D eigenvalue weighted by molar-refractivity contribution is -0.115.